The number of hydrogen-bond donors (Lipinski definition) is 4. The minimum atomic E-state index is -0.700. The molecule has 0 aliphatic heterocycles. The molecule has 0 heterocycles. The Morgan fingerprint density at radius 2 is 1.68 bits per heavy atom. The van der Waals surface area contributed by atoms with E-state index in [0.29, 0.717) is 29.6 Å². The number of carbonyl (C=O) groups is 1. The first-order chi connectivity index (χ1) is 15.9. The summed E-state index contributed by atoms with van der Waals surface area (Å²) in [4.78, 5) is 11.5. The second-order valence-electron chi connectivity index (χ2n) is 13.4. The van der Waals surface area contributed by atoms with Gasteiger partial charge in [0.05, 0.1) is 24.2 Å². The molecule has 0 radical (unpaired) electrons. The van der Waals surface area contributed by atoms with Crippen molar-refractivity contribution in [3.8, 4) is 0 Å². The highest BCUT2D eigenvalue weighted by molar-refractivity contribution is 5.69. The van der Waals surface area contributed by atoms with Crippen LogP contribution in [0.25, 0.3) is 0 Å². The minimum Gasteiger partial charge on any atom is -0.481 e. The van der Waals surface area contributed by atoms with Crippen molar-refractivity contribution in [3.05, 3.63) is 0 Å². The van der Waals surface area contributed by atoms with E-state index in [2.05, 4.69) is 27.7 Å². The van der Waals surface area contributed by atoms with Crippen molar-refractivity contribution in [1.82, 2.24) is 0 Å². The maximum Gasteiger partial charge on any atom is 0.306 e. The van der Waals surface area contributed by atoms with Gasteiger partial charge in [0.1, 0.15) is 0 Å². The summed E-state index contributed by atoms with van der Waals surface area (Å²) in [5.74, 6) is 1.30. The number of aliphatic hydroxyl groups is 3. The Labute approximate surface area is 206 Å². The second kappa shape index (κ2) is 9.67. The van der Waals surface area contributed by atoms with Crippen LogP contribution < -0.4 is 0 Å². The zero-order chi connectivity index (χ0) is 25.0. The van der Waals surface area contributed by atoms with E-state index in [0.717, 1.165) is 64.2 Å². The topological polar surface area (TPSA) is 98.0 Å². The van der Waals surface area contributed by atoms with Crippen LogP contribution in [-0.2, 0) is 4.79 Å². The van der Waals surface area contributed by atoms with Gasteiger partial charge in [-0.1, -0.05) is 47.5 Å². The molecule has 196 valence electrons. The van der Waals surface area contributed by atoms with Crippen molar-refractivity contribution in [2.24, 2.45) is 58.2 Å². The number of aliphatic carboxylic acids is 1. The zero-order valence-electron chi connectivity index (χ0n) is 22.1. The van der Waals surface area contributed by atoms with Crippen LogP contribution >= 0.6 is 0 Å². The molecule has 0 bridgehead atoms. The lowest BCUT2D eigenvalue weighted by Crippen LogP contribution is -2.62. The molecule has 0 saturated heterocycles. The maximum atomic E-state index is 11.7. The van der Waals surface area contributed by atoms with E-state index in [-0.39, 0.29) is 46.9 Å². The third kappa shape index (κ3) is 4.16. The zero-order valence-corrected chi connectivity index (χ0v) is 22.1. The number of aliphatic hydroxyl groups excluding tert-OH is 3. The molecule has 4 fully saturated rings. The van der Waals surface area contributed by atoms with Gasteiger partial charge in [0, 0.05) is 0 Å². The van der Waals surface area contributed by atoms with Gasteiger partial charge in [-0.15, -0.1) is 0 Å². The first kappa shape index (κ1) is 26.4. The van der Waals surface area contributed by atoms with Gasteiger partial charge in [0.15, 0.2) is 0 Å². The molecular formula is C29H50O5. The highest BCUT2D eigenvalue weighted by Crippen LogP contribution is 2.68. The molecule has 0 aromatic rings. The summed E-state index contributed by atoms with van der Waals surface area (Å²) < 4.78 is 0. The average molecular weight is 479 g/mol. The lowest BCUT2D eigenvalue weighted by molar-refractivity contribution is -0.207. The molecule has 5 unspecified atom stereocenters. The molecule has 0 amide bonds. The molecule has 0 aromatic carbocycles. The van der Waals surface area contributed by atoms with Crippen molar-refractivity contribution >= 4 is 5.97 Å². The van der Waals surface area contributed by atoms with Crippen LogP contribution in [0.4, 0.5) is 0 Å². The lowest BCUT2D eigenvalue weighted by atomic mass is 9.43. The number of fused-ring (bicyclic) bond motifs is 5. The van der Waals surface area contributed by atoms with Gasteiger partial charge in [0.2, 0.25) is 0 Å². The van der Waals surface area contributed by atoms with Crippen molar-refractivity contribution < 1.29 is 25.2 Å². The summed E-state index contributed by atoms with van der Waals surface area (Å²) in [6.45, 7) is 10.9. The fraction of sp³-hybridized carbons (Fsp3) is 0.966. The van der Waals surface area contributed by atoms with Gasteiger partial charge in [0.25, 0.3) is 0 Å². The number of rotatable bonds is 7. The van der Waals surface area contributed by atoms with Crippen LogP contribution in [0, 0.1) is 58.2 Å². The standard InChI is InChI=1S/C29H50O5/c1-6-18(17(3)27(33)34)8-7-16(2)21-9-10-22-26-23(15-25(32)29(21,22)5)28(4)12-11-20(30)13-19(28)14-24(26)31/h16-26,30-32H,6-15H2,1-5H3,(H,33,34)/t16-,17?,18-,19?,20?,21-,22+,23+,24?,25?,26+,28+,29-/m1/s1. The minimum absolute atomic E-state index is 0.108. The van der Waals surface area contributed by atoms with Crippen LogP contribution in [0.3, 0.4) is 0 Å². The van der Waals surface area contributed by atoms with E-state index in [9.17, 15) is 25.2 Å². The monoisotopic (exact) mass is 478 g/mol. The summed E-state index contributed by atoms with van der Waals surface area (Å²) >= 11 is 0. The fourth-order valence-corrected chi connectivity index (χ4v) is 9.82. The fourth-order valence-electron chi connectivity index (χ4n) is 9.82. The molecule has 13 atom stereocenters. The Morgan fingerprint density at radius 1 is 0.971 bits per heavy atom. The van der Waals surface area contributed by atoms with Crippen LogP contribution in [0.2, 0.25) is 0 Å². The third-order valence-electron chi connectivity index (χ3n) is 12.1. The molecule has 5 nitrogen and oxygen atoms in total. The molecule has 5 heteroatoms. The summed E-state index contributed by atoms with van der Waals surface area (Å²) in [7, 11) is 0. The molecule has 4 aliphatic carbocycles. The van der Waals surface area contributed by atoms with Crippen molar-refractivity contribution in [2.45, 2.75) is 117 Å². The predicted molar refractivity (Wildman–Crippen MR) is 133 cm³/mol. The van der Waals surface area contributed by atoms with Gasteiger partial charge >= 0.3 is 5.97 Å². The van der Waals surface area contributed by atoms with Gasteiger partial charge in [-0.05, 0) is 104 Å². The summed E-state index contributed by atoms with van der Waals surface area (Å²) in [5.41, 5.74) is -0.0739. The Bertz CT molecular complexity index is 740. The smallest absolute Gasteiger partial charge is 0.306 e. The van der Waals surface area contributed by atoms with Crippen LogP contribution in [0.15, 0.2) is 0 Å². The van der Waals surface area contributed by atoms with Crippen molar-refractivity contribution in [1.29, 1.82) is 0 Å². The normalized spacial score (nSPS) is 48.8. The quantitative estimate of drug-likeness (QED) is 0.408. The Kier molecular flexibility index (Phi) is 7.51. The number of hydrogen-bond acceptors (Lipinski definition) is 4. The first-order valence-corrected chi connectivity index (χ1v) is 14.2. The van der Waals surface area contributed by atoms with Crippen molar-refractivity contribution in [2.75, 3.05) is 0 Å². The highest BCUT2D eigenvalue weighted by Gasteiger charge is 2.65. The molecule has 0 aromatic heterocycles. The second-order valence-corrected chi connectivity index (χ2v) is 13.4. The van der Waals surface area contributed by atoms with E-state index in [4.69, 9.17) is 0 Å². The number of carboxylic acid groups (broad SMARTS) is 1. The molecule has 34 heavy (non-hydrogen) atoms. The molecule has 4 N–H and O–H groups in total. The van der Waals surface area contributed by atoms with E-state index in [1.165, 1.54) is 0 Å². The molecular weight excluding hydrogens is 428 g/mol. The summed E-state index contributed by atoms with van der Waals surface area (Å²) in [5, 5.41) is 42.9. The largest absolute Gasteiger partial charge is 0.481 e. The number of carboxylic acids is 1. The van der Waals surface area contributed by atoms with Crippen LogP contribution in [0.5, 0.6) is 0 Å². The lowest BCUT2D eigenvalue weighted by Gasteiger charge is -2.63. The Morgan fingerprint density at radius 3 is 2.32 bits per heavy atom. The highest BCUT2D eigenvalue weighted by atomic mass is 16.4. The van der Waals surface area contributed by atoms with E-state index in [1.807, 2.05) is 6.92 Å². The van der Waals surface area contributed by atoms with Crippen LogP contribution in [0.1, 0.15) is 98.8 Å². The Balaban J connectivity index is 1.52. The summed E-state index contributed by atoms with van der Waals surface area (Å²) in [6, 6.07) is 0. The predicted octanol–water partition coefficient (Wildman–Crippen LogP) is 5.11. The van der Waals surface area contributed by atoms with Crippen molar-refractivity contribution in [3.63, 3.8) is 0 Å². The van der Waals surface area contributed by atoms with E-state index in [1.54, 1.807) is 0 Å². The summed E-state index contributed by atoms with van der Waals surface area (Å²) in [6.07, 6.45) is 8.26. The third-order valence-corrected chi connectivity index (χ3v) is 12.1. The molecule has 4 saturated carbocycles. The van der Waals surface area contributed by atoms with E-state index < -0.39 is 5.97 Å². The SMILES string of the molecule is CC[C@H](CC[C@@H](C)[C@H]1CC[C@H]2[C@@H]3C(O)CC4CC(O)CC[C@]4(C)[C@H]3CC(O)[C@]12C)C(C)C(=O)O. The average Bonchev–Trinajstić information content (AvgIpc) is 3.14. The molecule has 0 spiro atoms. The molecule has 4 rings (SSSR count). The maximum absolute atomic E-state index is 11.7. The first-order valence-electron chi connectivity index (χ1n) is 14.2. The van der Waals surface area contributed by atoms with Gasteiger partial charge < -0.3 is 20.4 Å². The molecule has 4 aliphatic rings. The van der Waals surface area contributed by atoms with Gasteiger partial charge in [-0.2, -0.15) is 0 Å². The van der Waals surface area contributed by atoms with Gasteiger partial charge in [-0.25, -0.2) is 0 Å². The van der Waals surface area contributed by atoms with Gasteiger partial charge in [-0.3, -0.25) is 4.79 Å². The van der Waals surface area contributed by atoms with Crippen LogP contribution in [-0.4, -0.2) is 44.7 Å². The van der Waals surface area contributed by atoms with E-state index >= 15 is 0 Å². The Hall–Kier alpha value is -0.650.